The van der Waals surface area contributed by atoms with Gasteiger partial charge in [0, 0.05) is 0 Å². The molecule has 0 spiro atoms. The molecule has 4 rings (SSSR count). The fourth-order valence-corrected chi connectivity index (χ4v) is 3.55. The SMILES string of the molecule is CC(C)c1cn(CN2COCN(Cn3cc(C(C)C)nn3)C(=O)N(Cn3cc(C(C)C)nn3)C2=O)nn1. The number of carbonyl (C=O) groups excluding carboxylic acids is 2. The van der Waals surface area contributed by atoms with Gasteiger partial charge >= 0.3 is 12.1 Å². The van der Waals surface area contributed by atoms with Crippen LogP contribution in [0.2, 0.25) is 0 Å². The fourth-order valence-electron chi connectivity index (χ4n) is 3.55. The highest BCUT2D eigenvalue weighted by Gasteiger charge is 2.34. The molecule has 0 bridgehead atoms. The molecule has 1 saturated heterocycles. The van der Waals surface area contributed by atoms with Gasteiger partial charge in [0.25, 0.3) is 0 Å². The van der Waals surface area contributed by atoms with Gasteiger partial charge < -0.3 is 4.74 Å². The molecule has 0 atom stereocenters. The van der Waals surface area contributed by atoms with Crippen LogP contribution in [-0.4, -0.2) is 85.2 Å². The predicted octanol–water partition coefficient (Wildman–Crippen LogP) is 2.20. The van der Waals surface area contributed by atoms with E-state index in [1.807, 2.05) is 41.5 Å². The minimum absolute atomic E-state index is 0.0564. The summed E-state index contributed by atoms with van der Waals surface area (Å²) in [6.07, 6.45) is 5.28. The van der Waals surface area contributed by atoms with E-state index in [-0.39, 0.29) is 51.2 Å². The Kier molecular flexibility index (Phi) is 7.80. The summed E-state index contributed by atoms with van der Waals surface area (Å²) in [5.74, 6) is 0.532. The Hall–Kier alpha value is -3.88. The van der Waals surface area contributed by atoms with Gasteiger partial charge in [-0.1, -0.05) is 57.2 Å². The van der Waals surface area contributed by atoms with E-state index in [1.54, 1.807) is 28.0 Å². The van der Waals surface area contributed by atoms with Gasteiger partial charge in [-0.15, -0.1) is 15.3 Å². The summed E-state index contributed by atoms with van der Waals surface area (Å²) in [6.45, 7) is 11.9. The molecule has 0 aromatic carbocycles. The first-order valence-electron chi connectivity index (χ1n) is 12.3. The van der Waals surface area contributed by atoms with Crippen molar-refractivity contribution in [2.45, 2.75) is 79.3 Å². The number of imide groups is 1. The van der Waals surface area contributed by atoms with Crippen molar-refractivity contribution in [3.8, 4) is 0 Å². The molecule has 4 heterocycles. The van der Waals surface area contributed by atoms with Gasteiger partial charge in [0.05, 0.1) is 35.7 Å². The maximum atomic E-state index is 13.7. The topological polar surface area (TPSA) is 145 Å². The van der Waals surface area contributed by atoms with Crippen molar-refractivity contribution in [2.24, 2.45) is 0 Å². The average molecular weight is 515 g/mol. The fraction of sp³-hybridized carbons (Fsp3) is 0.636. The zero-order valence-corrected chi connectivity index (χ0v) is 22.1. The van der Waals surface area contributed by atoms with Crippen molar-refractivity contribution in [1.29, 1.82) is 0 Å². The third-order valence-electron chi connectivity index (χ3n) is 5.86. The van der Waals surface area contributed by atoms with E-state index in [0.29, 0.717) is 0 Å². The van der Waals surface area contributed by atoms with Crippen LogP contribution in [-0.2, 0) is 24.7 Å². The quantitative estimate of drug-likeness (QED) is 0.419. The summed E-state index contributed by atoms with van der Waals surface area (Å²) in [7, 11) is 0. The third kappa shape index (κ3) is 6.10. The van der Waals surface area contributed by atoms with Gasteiger partial charge in [0.15, 0.2) is 0 Å². The second-order valence-corrected chi connectivity index (χ2v) is 9.97. The Morgan fingerprint density at radius 3 is 1.32 bits per heavy atom. The molecule has 0 radical (unpaired) electrons. The van der Waals surface area contributed by atoms with Gasteiger partial charge in [0.2, 0.25) is 0 Å². The lowest BCUT2D eigenvalue weighted by atomic mass is 10.2. The molecule has 0 N–H and O–H groups in total. The zero-order chi connectivity index (χ0) is 26.7. The van der Waals surface area contributed by atoms with Crippen LogP contribution in [0.3, 0.4) is 0 Å². The van der Waals surface area contributed by atoms with E-state index >= 15 is 0 Å². The minimum atomic E-state index is -0.556. The molecule has 37 heavy (non-hydrogen) atoms. The lowest BCUT2D eigenvalue weighted by Crippen LogP contribution is -2.55. The van der Waals surface area contributed by atoms with Crippen molar-refractivity contribution in [2.75, 3.05) is 13.5 Å². The predicted molar refractivity (Wildman–Crippen MR) is 129 cm³/mol. The Morgan fingerprint density at radius 1 is 0.649 bits per heavy atom. The van der Waals surface area contributed by atoms with E-state index < -0.39 is 12.1 Å². The molecule has 200 valence electrons. The Bertz CT molecular complexity index is 1140. The Balaban J connectivity index is 1.58. The number of carbonyl (C=O) groups is 2. The lowest BCUT2D eigenvalue weighted by molar-refractivity contribution is -0.0463. The highest BCUT2D eigenvalue weighted by Crippen LogP contribution is 2.16. The average Bonchev–Trinajstić information content (AvgIpc) is 3.61. The number of aromatic nitrogens is 9. The highest BCUT2D eigenvalue weighted by atomic mass is 16.5. The van der Waals surface area contributed by atoms with Gasteiger partial charge in [0.1, 0.15) is 33.5 Å². The second kappa shape index (κ2) is 11.0. The molecule has 0 aliphatic carbocycles. The molecule has 1 aliphatic rings. The molecule has 0 unspecified atom stereocenters. The van der Waals surface area contributed by atoms with Crippen LogP contribution in [0.5, 0.6) is 0 Å². The first-order chi connectivity index (χ1) is 17.6. The van der Waals surface area contributed by atoms with Crippen molar-refractivity contribution < 1.29 is 14.3 Å². The van der Waals surface area contributed by atoms with Crippen LogP contribution in [0.1, 0.15) is 76.4 Å². The number of rotatable bonds is 9. The molecule has 4 amide bonds. The van der Waals surface area contributed by atoms with Crippen molar-refractivity contribution in [3.05, 3.63) is 35.7 Å². The maximum absolute atomic E-state index is 13.7. The van der Waals surface area contributed by atoms with E-state index in [4.69, 9.17) is 4.74 Å². The van der Waals surface area contributed by atoms with Crippen molar-refractivity contribution in [1.82, 2.24) is 59.7 Å². The summed E-state index contributed by atoms with van der Waals surface area (Å²) in [6, 6.07) is -1.11. The minimum Gasteiger partial charge on any atom is -0.340 e. The van der Waals surface area contributed by atoms with E-state index in [9.17, 15) is 9.59 Å². The normalized spacial score (nSPS) is 15.4. The second-order valence-electron chi connectivity index (χ2n) is 9.97. The van der Waals surface area contributed by atoms with Crippen LogP contribution in [0, 0.1) is 0 Å². The number of hydrogen-bond acceptors (Lipinski definition) is 9. The van der Waals surface area contributed by atoms with E-state index in [0.717, 1.165) is 22.0 Å². The number of amides is 4. The first-order valence-corrected chi connectivity index (χ1v) is 12.3. The van der Waals surface area contributed by atoms with E-state index in [1.165, 1.54) is 14.5 Å². The van der Waals surface area contributed by atoms with Crippen LogP contribution in [0.15, 0.2) is 18.6 Å². The third-order valence-corrected chi connectivity index (χ3v) is 5.86. The summed E-state index contributed by atoms with van der Waals surface area (Å²) < 4.78 is 10.3. The molecule has 15 nitrogen and oxygen atoms in total. The zero-order valence-electron chi connectivity index (χ0n) is 22.1. The van der Waals surface area contributed by atoms with Gasteiger partial charge in [-0.25, -0.2) is 28.5 Å². The van der Waals surface area contributed by atoms with Crippen LogP contribution in [0.4, 0.5) is 9.59 Å². The highest BCUT2D eigenvalue weighted by molar-refractivity contribution is 5.93. The van der Waals surface area contributed by atoms with Crippen molar-refractivity contribution in [3.63, 3.8) is 0 Å². The summed E-state index contributed by atoms with van der Waals surface area (Å²) in [5.41, 5.74) is 2.37. The van der Waals surface area contributed by atoms with Gasteiger partial charge in [-0.3, -0.25) is 9.80 Å². The molecular formula is C22H34N12O3. The van der Waals surface area contributed by atoms with E-state index in [2.05, 4.69) is 30.9 Å². The Labute approximate surface area is 214 Å². The standard InChI is InChI=1S/C22H34N12O3/c1-15(2)18-7-31(26-23-18)10-29-13-37-14-30(11-32-8-19(16(3)4)24-27-32)22(36)34(21(29)35)12-33-9-20(17(5)6)25-28-33/h7-9,15-17H,10-14H2,1-6H3. The smallest absolute Gasteiger partial charge is 0.333 e. The molecule has 3 aromatic heterocycles. The molecule has 1 fully saturated rings. The largest absolute Gasteiger partial charge is 0.340 e. The summed E-state index contributed by atoms with van der Waals surface area (Å²) >= 11 is 0. The number of urea groups is 2. The van der Waals surface area contributed by atoms with Crippen LogP contribution >= 0.6 is 0 Å². The maximum Gasteiger partial charge on any atom is 0.333 e. The monoisotopic (exact) mass is 514 g/mol. The summed E-state index contributed by atoms with van der Waals surface area (Å²) in [5, 5.41) is 24.8. The lowest BCUT2D eigenvalue weighted by Gasteiger charge is -2.35. The molecule has 15 heteroatoms. The summed E-state index contributed by atoms with van der Waals surface area (Å²) in [4.78, 5) is 31.2. The molecular weight excluding hydrogens is 480 g/mol. The molecule has 1 aliphatic heterocycles. The van der Waals surface area contributed by atoms with Gasteiger partial charge in [-0.05, 0) is 17.8 Å². The molecule has 3 aromatic rings. The Morgan fingerprint density at radius 2 is 1.00 bits per heavy atom. The molecule has 0 saturated carbocycles. The van der Waals surface area contributed by atoms with Crippen molar-refractivity contribution >= 4 is 12.1 Å². The number of ether oxygens (including phenoxy) is 1. The number of nitrogens with zero attached hydrogens (tertiary/aromatic N) is 12. The van der Waals surface area contributed by atoms with Gasteiger partial charge in [-0.2, -0.15) is 0 Å². The van der Waals surface area contributed by atoms with Crippen LogP contribution in [0.25, 0.3) is 0 Å². The van der Waals surface area contributed by atoms with Crippen LogP contribution < -0.4 is 0 Å². The first kappa shape index (κ1) is 26.2. The number of hydrogen-bond donors (Lipinski definition) is 0.